The van der Waals surface area contributed by atoms with Crippen LogP contribution in [0.25, 0.3) is 10.2 Å². The number of fused-ring (bicyclic) bond motifs is 1. The Morgan fingerprint density at radius 2 is 1.77 bits per heavy atom. The molecule has 0 bridgehead atoms. The highest BCUT2D eigenvalue weighted by Gasteiger charge is 2.26. The number of aromatic nitrogens is 3. The predicted molar refractivity (Wildman–Crippen MR) is 155 cm³/mol. The fraction of sp³-hybridized carbons (Fsp3) is 0.179. The number of benzene rings is 3. The lowest BCUT2D eigenvalue weighted by Crippen LogP contribution is -2.34. The number of nitrogens with zero attached hydrogens (tertiary/aromatic N) is 5. The van der Waals surface area contributed by atoms with Gasteiger partial charge in [0.1, 0.15) is 5.52 Å². The first-order valence-electron chi connectivity index (χ1n) is 12.4. The predicted octanol–water partition coefficient (Wildman–Crippen LogP) is 5.70. The van der Waals surface area contributed by atoms with Crippen molar-refractivity contribution in [3.05, 3.63) is 107 Å². The van der Waals surface area contributed by atoms with Crippen molar-refractivity contribution in [3.8, 4) is 0 Å². The van der Waals surface area contributed by atoms with Crippen molar-refractivity contribution in [2.24, 2.45) is 0 Å². The van der Waals surface area contributed by atoms with E-state index in [-0.39, 0.29) is 17.3 Å². The first-order valence-corrected chi connectivity index (χ1v) is 15.0. The fourth-order valence-electron chi connectivity index (χ4n) is 4.17. The van der Waals surface area contributed by atoms with Crippen LogP contribution < -0.4 is 4.90 Å². The van der Waals surface area contributed by atoms with E-state index in [2.05, 4.69) is 10.1 Å². The average Bonchev–Trinajstić information content (AvgIpc) is 3.63. The molecule has 2 aromatic heterocycles. The van der Waals surface area contributed by atoms with Crippen molar-refractivity contribution in [2.45, 2.75) is 24.9 Å². The molecule has 0 unspecified atom stereocenters. The average molecular weight is 580 g/mol. The molecule has 0 N–H and O–H groups in total. The molecule has 39 heavy (non-hydrogen) atoms. The van der Waals surface area contributed by atoms with E-state index >= 15 is 0 Å². The van der Waals surface area contributed by atoms with Crippen molar-refractivity contribution in [1.29, 1.82) is 0 Å². The van der Waals surface area contributed by atoms with Crippen molar-refractivity contribution < 1.29 is 13.2 Å². The normalized spacial score (nSPS) is 11.8. The maximum Gasteiger partial charge on any atom is 0.260 e. The second-order valence-electron chi connectivity index (χ2n) is 8.75. The number of amides is 1. The summed E-state index contributed by atoms with van der Waals surface area (Å²) >= 11 is 7.72. The summed E-state index contributed by atoms with van der Waals surface area (Å²) in [7, 11) is -3.75. The lowest BCUT2D eigenvalue weighted by molar-refractivity contribution is 0.0985. The van der Waals surface area contributed by atoms with Crippen LogP contribution in [0.1, 0.15) is 22.8 Å². The van der Waals surface area contributed by atoms with Crippen LogP contribution in [0.5, 0.6) is 0 Å². The maximum absolute atomic E-state index is 13.7. The highest BCUT2D eigenvalue weighted by Crippen LogP contribution is 2.33. The van der Waals surface area contributed by atoms with Crippen LogP contribution in [0, 0.1) is 0 Å². The first-order chi connectivity index (χ1) is 18.9. The number of sulfonamides is 1. The second kappa shape index (κ2) is 11.7. The number of hydrogen-bond donors (Lipinski definition) is 0. The van der Waals surface area contributed by atoms with Crippen molar-refractivity contribution in [1.82, 2.24) is 19.1 Å². The number of para-hydroxylation sites is 1. The molecule has 0 aliphatic rings. The van der Waals surface area contributed by atoms with E-state index in [1.165, 1.54) is 27.8 Å². The minimum Gasteiger partial charge on any atom is -0.282 e. The minimum atomic E-state index is -3.75. The Bertz CT molecular complexity index is 1670. The Hall–Kier alpha value is -3.57. The number of anilines is 1. The molecule has 0 atom stereocenters. The largest absolute Gasteiger partial charge is 0.282 e. The Balaban J connectivity index is 1.42. The number of carbonyl (C=O) groups excluding carboxylic acids is 1. The smallest absolute Gasteiger partial charge is 0.260 e. The van der Waals surface area contributed by atoms with Gasteiger partial charge in [0.2, 0.25) is 10.0 Å². The lowest BCUT2D eigenvalue weighted by atomic mass is 10.2. The van der Waals surface area contributed by atoms with E-state index in [1.54, 1.807) is 40.9 Å². The van der Waals surface area contributed by atoms with Crippen molar-refractivity contribution >= 4 is 54.2 Å². The minimum absolute atomic E-state index is 0.131. The first kappa shape index (κ1) is 27.0. The van der Waals surface area contributed by atoms with Gasteiger partial charge in [0.25, 0.3) is 5.91 Å². The van der Waals surface area contributed by atoms with E-state index in [9.17, 15) is 13.2 Å². The Morgan fingerprint density at radius 3 is 2.44 bits per heavy atom. The summed E-state index contributed by atoms with van der Waals surface area (Å²) < 4.78 is 30.8. The third-order valence-corrected chi connectivity index (χ3v) is 9.52. The molecule has 0 radical (unpaired) electrons. The van der Waals surface area contributed by atoms with Gasteiger partial charge in [-0.1, -0.05) is 66.3 Å². The Kier molecular flexibility index (Phi) is 8.08. The molecule has 0 spiro atoms. The van der Waals surface area contributed by atoms with E-state index in [1.807, 2.05) is 54.7 Å². The molecule has 5 aromatic rings. The van der Waals surface area contributed by atoms with Gasteiger partial charge in [-0.15, -0.1) is 0 Å². The Morgan fingerprint density at radius 1 is 1.00 bits per heavy atom. The van der Waals surface area contributed by atoms with E-state index in [0.717, 1.165) is 10.3 Å². The van der Waals surface area contributed by atoms with Gasteiger partial charge < -0.3 is 0 Å². The number of carbonyl (C=O) groups is 1. The molecule has 3 aromatic carbocycles. The van der Waals surface area contributed by atoms with Crippen LogP contribution in [0.2, 0.25) is 5.02 Å². The highest BCUT2D eigenvalue weighted by molar-refractivity contribution is 7.89. The van der Waals surface area contributed by atoms with E-state index in [0.29, 0.717) is 40.9 Å². The van der Waals surface area contributed by atoms with Gasteiger partial charge in [0.15, 0.2) is 5.13 Å². The van der Waals surface area contributed by atoms with Crippen molar-refractivity contribution in [3.63, 3.8) is 0 Å². The number of hydrogen-bond acceptors (Lipinski definition) is 6. The summed E-state index contributed by atoms with van der Waals surface area (Å²) in [5, 5.41) is 5.25. The monoisotopic (exact) mass is 579 g/mol. The van der Waals surface area contributed by atoms with Gasteiger partial charge in [0.05, 0.1) is 21.2 Å². The van der Waals surface area contributed by atoms with Crippen LogP contribution in [0.4, 0.5) is 5.13 Å². The summed E-state index contributed by atoms with van der Waals surface area (Å²) in [5.74, 6) is -0.294. The zero-order valence-electron chi connectivity index (χ0n) is 21.1. The van der Waals surface area contributed by atoms with Crippen LogP contribution in [0.15, 0.2) is 96.2 Å². The van der Waals surface area contributed by atoms with Gasteiger partial charge in [-0.2, -0.15) is 9.40 Å². The molecule has 0 saturated carbocycles. The zero-order valence-corrected chi connectivity index (χ0v) is 23.5. The Labute approximate surface area is 236 Å². The molecular formula is C28H26ClN5O3S2. The molecule has 2 heterocycles. The van der Waals surface area contributed by atoms with Crippen LogP contribution >= 0.6 is 22.9 Å². The highest BCUT2D eigenvalue weighted by atomic mass is 35.5. The summed E-state index contributed by atoms with van der Waals surface area (Å²) in [6.45, 7) is 3.17. The fourth-order valence-corrected chi connectivity index (χ4v) is 6.89. The van der Waals surface area contributed by atoms with Crippen LogP contribution in [-0.4, -0.2) is 46.5 Å². The molecule has 0 aliphatic heterocycles. The molecule has 8 nitrogen and oxygen atoms in total. The number of thiazole rings is 1. The topological polar surface area (TPSA) is 88.4 Å². The van der Waals surface area contributed by atoms with E-state index < -0.39 is 10.0 Å². The third kappa shape index (κ3) is 5.89. The van der Waals surface area contributed by atoms with E-state index in [4.69, 9.17) is 11.6 Å². The summed E-state index contributed by atoms with van der Waals surface area (Å²) in [4.78, 5) is 20.1. The van der Waals surface area contributed by atoms with Crippen molar-refractivity contribution in [2.75, 3.05) is 18.0 Å². The standard InChI is InChI=1S/C28H26ClN5O3S2/c1-2-33(20-21-8-4-3-5-9-21)39(36,37)23-14-12-22(13-15-23)27(35)34(19-18-32-17-7-16-30-32)28-31-26-24(29)10-6-11-25(26)38-28/h3-17H,2,18-20H2,1H3. The van der Waals surface area contributed by atoms with Crippen LogP contribution in [-0.2, 0) is 23.1 Å². The number of halogens is 1. The second-order valence-corrected chi connectivity index (χ2v) is 12.1. The molecule has 11 heteroatoms. The molecule has 200 valence electrons. The molecule has 0 saturated heterocycles. The summed E-state index contributed by atoms with van der Waals surface area (Å²) in [6, 6.07) is 22.9. The molecular weight excluding hydrogens is 554 g/mol. The molecule has 1 amide bonds. The van der Waals surface area contributed by atoms with Gasteiger partial charge in [-0.3, -0.25) is 14.4 Å². The summed E-state index contributed by atoms with van der Waals surface area (Å²) in [6.07, 6.45) is 3.51. The zero-order chi connectivity index (χ0) is 27.4. The maximum atomic E-state index is 13.7. The van der Waals surface area contributed by atoms with Gasteiger partial charge in [-0.25, -0.2) is 13.4 Å². The molecule has 0 aliphatic carbocycles. The van der Waals surface area contributed by atoms with Gasteiger partial charge in [-0.05, 0) is 48.0 Å². The summed E-state index contributed by atoms with van der Waals surface area (Å²) in [5.41, 5.74) is 1.89. The molecule has 5 rings (SSSR count). The van der Waals surface area contributed by atoms with Gasteiger partial charge in [0, 0.05) is 37.6 Å². The molecule has 0 fully saturated rings. The lowest BCUT2D eigenvalue weighted by Gasteiger charge is -2.22. The van der Waals surface area contributed by atoms with Crippen LogP contribution in [0.3, 0.4) is 0 Å². The quantitative estimate of drug-likeness (QED) is 0.212. The van der Waals surface area contributed by atoms with Gasteiger partial charge >= 0.3 is 0 Å². The number of rotatable bonds is 10. The SMILES string of the molecule is CCN(Cc1ccccc1)S(=O)(=O)c1ccc(C(=O)N(CCn2cccn2)c2nc3c(Cl)cccc3s2)cc1. The third-order valence-electron chi connectivity index (χ3n) is 6.24.